The van der Waals surface area contributed by atoms with Crippen LogP contribution in [-0.2, 0) is 6.42 Å². The third-order valence-electron chi connectivity index (χ3n) is 1.26. The summed E-state index contributed by atoms with van der Waals surface area (Å²) in [5.74, 6) is 0. The second kappa shape index (κ2) is 3.75. The summed E-state index contributed by atoms with van der Waals surface area (Å²) in [6, 6.07) is 7.82. The number of aryl methyl sites for hydroxylation is 1. The van der Waals surface area contributed by atoms with Gasteiger partial charge in [0.25, 0.3) is 0 Å². The first kappa shape index (κ1) is 7.78. The molecule has 0 amide bonds. The molecule has 0 unspecified atom stereocenters. The molecule has 54 valence electrons. The van der Waals surface area contributed by atoms with Gasteiger partial charge < -0.3 is 0 Å². The average Bonchev–Trinajstić information content (AvgIpc) is 2.48. The number of rotatable bonds is 2. The van der Waals surface area contributed by atoms with Gasteiger partial charge in [0.1, 0.15) is 10.9 Å². The summed E-state index contributed by atoms with van der Waals surface area (Å²) in [7, 11) is 0. The minimum absolute atomic E-state index is 0.533. The molecule has 1 aromatic heterocycles. The van der Waals surface area contributed by atoms with Gasteiger partial charge in [-0.3, -0.25) is 0 Å². The Hall–Kier alpha value is -1.32. The van der Waals surface area contributed by atoms with Crippen molar-refractivity contribution in [3.05, 3.63) is 21.9 Å². The minimum atomic E-state index is 0.533. The van der Waals surface area contributed by atoms with Crippen molar-refractivity contribution in [1.82, 2.24) is 0 Å². The molecule has 0 saturated heterocycles. The molecule has 0 bridgehead atoms. The lowest BCUT2D eigenvalue weighted by atomic mass is 10.3. The molecule has 0 radical (unpaired) electrons. The zero-order chi connectivity index (χ0) is 8.10. The summed E-state index contributed by atoms with van der Waals surface area (Å²) >= 11 is 1.46. The Kier molecular flexibility index (Phi) is 2.66. The molecule has 0 aliphatic rings. The van der Waals surface area contributed by atoms with E-state index in [1.54, 1.807) is 6.07 Å². The van der Waals surface area contributed by atoms with E-state index in [1.807, 2.05) is 6.07 Å². The summed E-state index contributed by atoms with van der Waals surface area (Å²) in [5.41, 5.74) is 0. The lowest BCUT2D eigenvalue weighted by molar-refractivity contribution is 1.04. The molecular formula is C8H6N2S. The van der Waals surface area contributed by atoms with Crippen molar-refractivity contribution >= 4 is 11.3 Å². The molecule has 0 spiro atoms. The first-order chi connectivity index (χ1) is 5.36. The highest BCUT2D eigenvalue weighted by Crippen LogP contribution is 2.16. The van der Waals surface area contributed by atoms with E-state index in [0.717, 1.165) is 16.2 Å². The Bertz CT molecular complexity index is 314. The van der Waals surface area contributed by atoms with E-state index in [0.29, 0.717) is 6.42 Å². The van der Waals surface area contributed by atoms with E-state index in [9.17, 15) is 0 Å². The first-order valence-electron chi connectivity index (χ1n) is 3.22. The Morgan fingerprint density at radius 1 is 1.36 bits per heavy atom. The largest absolute Gasteiger partial charge is 0.198 e. The smallest absolute Gasteiger partial charge is 0.110 e. The minimum Gasteiger partial charge on any atom is -0.198 e. The van der Waals surface area contributed by atoms with Crippen LogP contribution in [0.4, 0.5) is 0 Å². The van der Waals surface area contributed by atoms with Crippen LogP contribution in [0.2, 0.25) is 0 Å². The van der Waals surface area contributed by atoms with Gasteiger partial charge in [0.15, 0.2) is 0 Å². The fourth-order valence-corrected chi connectivity index (χ4v) is 1.56. The maximum atomic E-state index is 8.47. The van der Waals surface area contributed by atoms with Crippen LogP contribution < -0.4 is 0 Å². The van der Waals surface area contributed by atoms with Gasteiger partial charge in [-0.15, -0.1) is 11.3 Å². The van der Waals surface area contributed by atoms with E-state index < -0.39 is 0 Å². The predicted molar refractivity (Wildman–Crippen MR) is 43.0 cm³/mol. The third kappa shape index (κ3) is 2.07. The topological polar surface area (TPSA) is 47.6 Å². The monoisotopic (exact) mass is 162 g/mol. The molecule has 0 aliphatic heterocycles. The highest BCUT2D eigenvalue weighted by atomic mass is 32.1. The van der Waals surface area contributed by atoms with Gasteiger partial charge >= 0.3 is 0 Å². The van der Waals surface area contributed by atoms with E-state index in [2.05, 4.69) is 12.1 Å². The number of thiophene rings is 1. The lowest BCUT2D eigenvalue weighted by Gasteiger charge is -1.84. The summed E-state index contributed by atoms with van der Waals surface area (Å²) < 4.78 is 0. The molecule has 0 fully saturated rings. The van der Waals surface area contributed by atoms with Gasteiger partial charge in [0.05, 0.1) is 6.07 Å². The van der Waals surface area contributed by atoms with Gasteiger partial charge in [0.2, 0.25) is 0 Å². The Balaban J connectivity index is 2.62. The zero-order valence-corrected chi connectivity index (χ0v) is 6.69. The first-order valence-corrected chi connectivity index (χ1v) is 4.04. The van der Waals surface area contributed by atoms with Gasteiger partial charge in [-0.05, 0) is 18.6 Å². The Morgan fingerprint density at radius 3 is 2.73 bits per heavy atom. The molecule has 0 aliphatic carbocycles. The molecule has 2 nitrogen and oxygen atoms in total. The van der Waals surface area contributed by atoms with Crippen molar-refractivity contribution in [2.75, 3.05) is 0 Å². The van der Waals surface area contributed by atoms with Crippen LogP contribution in [0.5, 0.6) is 0 Å². The van der Waals surface area contributed by atoms with Crippen molar-refractivity contribution in [3.8, 4) is 12.1 Å². The average molecular weight is 162 g/mol. The number of hydrogen-bond acceptors (Lipinski definition) is 3. The molecule has 0 N–H and O–H groups in total. The third-order valence-corrected chi connectivity index (χ3v) is 2.30. The molecule has 0 aromatic carbocycles. The Morgan fingerprint density at radius 2 is 2.18 bits per heavy atom. The maximum absolute atomic E-state index is 8.47. The van der Waals surface area contributed by atoms with Gasteiger partial charge in [0, 0.05) is 11.3 Å². The van der Waals surface area contributed by atoms with Crippen molar-refractivity contribution in [2.45, 2.75) is 12.8 Å². The van der Waals surface area contributed by atoms with Crippen LogP contribution in [-0.4, -0.2) is 0 Å². The van der Waals surface area contributed by atoms with Crippen molar-refractivity contribution in [3.63, 3.8) is 0 Å². The van der Waals surface area contributed by atoms with E-state index in [-0.39, 0.29) is 0 Å². The highest BCUT2D eigenvalue weighted by Gasteiger charge is 1.97. The molecule has 3 heteroatoms. The zero-order valence-electron chi connectivity index (χ0n) is 5.87. The fraction of sp³-hybridized carbons (Fsp3) is 0.250. The van der Waals surface area contributed by atoms with E-state index in [4.69, 9.17) is 10.5 Å². The van der Waals surface area contributed by atoms with Gasteiger partial charge in [-0.1, -0.05) is 0 Å². The summed E-state index contributed by atoms with van der Waals surface area (Å²) in [6.45, 7) is 0. The second-order valence-electron chi connectivity index (χ2n) is 2.04. The van der Waals surface area contributed by atoms with Crippen LogP contribution in [0.15, 0.2) is 12.1 Å². The highest BCUT2D eigenvalue weighted by molar-refractivity contribution is 7.12. The lowest BCUT2D eigenvalue weighted by Crippen LogP contribution is -1.74. The van der Waals surface area contributed by atoms with Crippen LogP contribution in [0.1, 0.15) is 16.2 Å². The summed E-state index contributed by atoms with van der Waals surface area (Å²) in [6.07, 6.45) is 1.30. The van der Waals surface area contributed by atoms with Crippen molar-refractivity contribution in [2.24, 2.45) is 0 Å². The maximum Gasteiger partial charge on any atom is 0.110 e. The number of hydrogen-bond donors (Lipinski definition) is 0. The molecule has 1 aromatic rings. The van der Waals surface area contributed by atoms with Crippen LogP contribution >= 0.6 is 11.3 Å². The fourth-order valence-electron chi connectivity index (χ4n) is 0.751. The normalized spacial score (nSPS) is 8.55. The van der Waals surface area contributed by atoms with E-state index >= 15 is 0 Å². The Labute approximate surface area is 69.3 Å². The van der Waals surface area contributed by atoms with Crippen molar-refractivity contribution in [1.29, 1.82) is 10.5 Å². The van der Waals surface area contributed by atoms with Crippen LogP contribution in [0.3, 0.4) is 0 Å². The second-order valence-corrected chi connectivity index (χ2v) is 3.20. The quantitative estimate of drug-likeness (QED) is 0.668. The van der Waals surface area contributed by atoms with E-state index in [1.165, 1.54) is 11.3 Å². The number of nitrogens with zero attached hydrogens (tertiary/aromatic N) is 2. The predicted octanol–water partition coefficient (Wildman–Crippen LogP) is 2.08. The molecule has 1 rings (SSSR count). The SMILES string of the molecule is N#CCCc1ccc(C#N)s1. The molecule has 0 atom stereocenters. The molecule has 1 heterocycles. The van der Waals surface area contributed by atoms with Crippen LogP contribution in [0.25, 0.3) is 0 Å². The standard InChI is InChI=1S/C8H6N2S/c9-5-1-2-7-3-4-8(6-10)11-7/h3-4H,1-2H2. The number of nitriles is 2. The molecular weight excluding hydrogens is 156 g/mol. The van der Waals surface area contributed by atoms with Crippen molar-refractivity contribution < 1.29 is 0 Å². The van der Waals surface area contributed by atoms with Gasteiger partial charge in [-0.2, -0.15) is 10.5 Å². The summed E-state index contributed by atoms with van der Waals surface area (Å²) in [4.78, 5) is 1.83. The molecule has 0 saturated carbocycles. The summed E-state index contributed by atoms with van der Waals surface area (Å²) in [5, 5.41) is 16.8. The van der Waals surface area contributed by atoms with Crippen LogP contribution in [0, 0.1) is 22.7 Å². The van der Waals surface area contributed by atoms with Gasteiger partial charge in [-0.25, -0.2) is 0 Å². The molecule has 11 heavy (non-hydrogen) atoms.